The first kappa shape index (κ1) is 20.2. The van der Waals surface area contributed by atoms with Gasteiger partial charge < -0.3 is 20.5 Å². The lowest BCUT2D eigenvalue weighted by molar-refractivity contribution is -0.734. The maximum atomic E-state index is 13.8. The van der Waals surface area contributed by atoms with E-state index in [9.17, 15) is 24.3 Å². The molecular formula is C23H27N3O5. The van der Waals surface area contributed by atoms with Crippen molar-refractivity contribution in [2.75, 3.05) is 5.32 Å². The van der Waals surface area contributed by atoms with Crippen LogP contribution in [0.15, 0.2) is 18.2 Å². The smallest absolute Gasteiger partial charge is 0.291 e. The molecule has 1 spiro atoms. The lowest BCUT2D eigenvalue weighted by atomic mass is 9.76. The molecule has 4 aliphatic rings. The third-order valence-corrected chi connectivity index (χ3v) is 7.77. The lowest BCUT2D eigenvalue weighted by Crippen LogP contribution is -2.99. The zero-order chi connectivity index (χ0) is 21.9. The van der Waals surface area contributed by atoms with Gasteiger partial charge >= 0.3 is 0 Å². The Balaban J connectivity index is 1.61. The summed E-state index contributed by atoms with van der Waals surface area (Å²) < 4.78 is 0. The minimum absolute atomic E-state index is 0.125. The molecule has 2 saturated heterocycles. The zero-order valence-corrected chi connectivity index (χ0v) is 17.6. The summed E-state index contributed by atoms with van der Waals surface area (Å²) in [5.41, 5.74) is 1.07. The fourth-order valence-corrected chi connectivity index (χ4v) is 6.41. The van der Waals surface area contributed by atoms with Gasteiger partial charge in [0, 0.05) is 24.0 Å². The maximum absolute atomic E-state index is 13.8. The van der Waals surface area contributed by atoms with E-state index in [0.717, 1.165) is 43.2 Å². The van der Waals surface area contributed by atoms with E-state index in [1.54, 1.807) is 5.32 Å². The number of fused-ring (bicyclic) bond motifs is 4. The van der Waals surface area contributed by atoms with Gasteiger partial charge in [-0.2, -0.15) is 0 Å². The lowest BCUT2D eigenvalue weighted by Gasteiger charge is -2.32. The standard InChI is InChI=1S/C23H27N3O5/c1-12-6-5-9-14-19(12)24-22(31)23(14)18-17(15(25-23)10-11-16(27)28)20(29)26(21(18)30)13-7-3-2-4-8-13/h5-6,9,13,15,17-18,25H,2-4,7-8,10-11H2,1H3,(H,24,31)(H,27,28)/t15-,17-,18+,23+/m1/s1. The van der Waals surface area contributed by atoms with Crippen LogP contribution in [-0.4, -0.2) is 40.7 Å². The molecule has 3 N–H and O–H groups in total. The molecular weight excluding hydrogens is 398 g/mol. The number of nitrogens with zero attached hydrogens (tertiary/aromatic N) is 1. The Morgan fingerprint density at radius 2 is 1.94 bits per heavy atom. The Hall–Kier alpha value is -2.74. The van der Waals surface area contributed by atoms with Gasteiger partial charge in [0.15, 0.2) is 0 Å². The van der Waals surface area contributed by atoms with Gasteiger partial charge in [0.1, 0.15) is 17.9 Å². The Kier molecular flexibility index (Phi) is 4.66. The molecule has 0 unspecified atom stereocenters. The van der Waals surface area contributed by atoms with Crippen LogP contribution >= 0.6 is 0 Å². The van der Waals surface area contributed by atoms with Gasteiger partial charge in [-0.05, 0) is 31.7 Å². The van der Waals surface area contributed by atoms with Crippen molar-refractivity contribution in [1.29, 1.82) is 0 Å². The van der Waals surface area contributed by atoms with Crippen LogP contribution in [-0.2, 0) is 24.7 Å². The van der Waals surface area contributed by atoms with E-state index in [1.165, 1.54) is 4.90 Å². The first-order valence-corrected chi connectivity index (χ1v) is 11.2. The number of imide groups is 1. The molecule has 4 atom stereocenters. The maximum Gasteiger partial charge on any atom is 0.291 e. The molecule has 3 aliphatic heterocycles. The number of amides is 3. The van der Waals surface area contributed by atoms with E-state index in [0.29, 0.717) is 5.69 Å². The van der Waals surface area contributed by atoms with Crippen LogP contribution in [0.25, 0.3) is 0 Å². The minimum Gasteiger partial charge on any atom is -0.550 e. The second-order valence-electron chi connectivity index (χ2n) is 9.40. The largest absolute Gasteiger partial charge is 0.550 e. The number of benzene rings is 1. The molecule has 8 nitrogen and oxygen atoms in total. The summed E-state index contributed by atoms with van der Waals surface area (Å²) in [4.78, 5) is 53.3. The molecule has 1 saturated carbocycles. The van der Waals surface area contributed by atoms with Crippen molar-refractivity contribution < 1.29 is 29.6 Å². The fraction of sp³-hybridized carbons (Fsp3) is 0.565. The molecule has 31 heavy (non-hydrogen) atoms. The number of carbonyl (C=O) groups is 4. The summed E-state index contributed by atoms with van der Waals surface area (Å²) >= 11 is 0. The van der Waals surface area contributed by atoms with Crippen molar-refractivity contribution in [2.24, 2.45) is 11.8 Å². The van der Waals surface area contributed by atoms with Gasteiger partial charge in [-0.25, -0.2) is 0 Å². The number of carboxylic acids is 1. The zero-order valence-electron chi connectivity index (χ0n) is 17.6. The first-order valence-electron chi connectivity index (χ1n) is 11.2. The summed E-state index contributed by atoms with van der Waals surface area (Å²) in [6, 6.07) is 5.00. The van der Waals surface area contributed by atoms with Gasteiger partial charge in [0.25, 0.3) is 5.91 Å². The Morgan fingerprint density at radius 1 is 1.19 bits per heavy atom. The number of nitrogens with two attached hydrogens (primary N) is 1. The molecule has 1 aromatic carbocycles. The summed E-state index contributed by atoms with van der Waals surface area (Å²) in [5.74, 6) is -3.54. The van der Waals surface area contributed by atoms with E-state index < -0.39 is 29.4 Å². The second-order valence-corrected chi connectivity index (χ2v) is 9.40. The number of hydrogen-bond donors (Lipinski definition) is 2. The number of quaternary nitrogens is 1. The average Bonchev–Trinajstić information content (AvgIpc) is 3.33. The minimum atomic E-state index is -1.24. The van der Waals surface area contributed by atoms with Crippen molar-refractivity contribution >= 4 is 29.4 Å². The van der Waals surface area contributed by atoms with Crippen molar-refractivity contribution in [1.82, 2.24) is 4.90 Å². The number of rotatable bonds is 4. The van der Waals surface area contributed by atoms with E-state index in [-0.39, 0.29) is 36.6 Å². The molecule has 3 fully saturated rings. The molecule has 1 aliphatic carbocycles. The normalized spacial score (nSPS) is 32.5. The molecule has 3 heterocycles. The van der Waals surface area contributed by atoms with Crippen molar-refractivity contribution in [3.05, 3.63) is 29.3 Å². The van der Waals surface area contributed by atoms with Gasteiger partial charge in [-0.15, -0.1) is 0 Å². The molecule has 164 valence electrons. The van der Waals surface area contributed by atoms with Gasteiger partial charge in [0.05, 0.1) is 5.69 Å². The monoisotopic (exact) mass is 425 g/mol. The third-order valence-electron chi connectivity index (χ3n) is 7.77. The molecule has 8 heteroatoms. The molecule has 1 aromatic rings. The topological polar surface area (TPSA) is 123 Å². The van der Waals surface area contributed by atoms with Gasteiger partial charge in [0.2, 0.25) is 17.4 Å². The third kappa shape index (κ3) is 2.77. The van der Waals surface area contributed by atoms with Crippen LogP contribution in [0.4, 0.5) is 5.69 Å². The van der Waals surface area contributed by atoms with Gasteiger partial charge in [-0.1, -0.05) is 37.5 Å². The summed E-state index contributed by atoms with van der Waals surface area (Å²) in [7, 11) is 0. The van der Waals surface area contributed by atoms with Crippen LogP contribution in [0.3, 0.4) is 0 Å². The summed E-state index contributed by atoms with van der Waals surface area (Å²) in [5, 5.41) is 15.9. The van der Waals surface area contributed by atoms with Crippen LogP contribution in [0.2, 0.25) is 0 Å². The van der Waals surface area contributed by atoms with Crippen LogP contribution in [0, 0.1) is 18.8 Å². The first-order chi connectivity index (χ1) is 14.9. The number of para-hydroxylation sites is 1. The van der Waals surface area contributed by atoms with Crippen LogP contribution < -0.4 is 15.7 Å². The summed E-state index contributed by atoms with van der Waals surface area (Å²) in [6.07, 6.45) is 4.60. The highest BCUT2D eigenvalue weighted by molar-refractivity contribution is 6.14. The predicted molar refractivity (Wildman–Crippen MR) is 107 cm³/mol. The average molecular weight is 425 g/mol. The number of aryl methyl sites for hydroxylation is 1. The van der Waals surface area contributed by atoms with Crippen LogP contribution in [0.5, 0.6) is 0 Å². The molecule has 3 amide bonds. The van der Waals surface area contributed by atoms with Crippen molar-refractivity contribution in [3.8, 4) is 0 Å². The Morgan fingerprint density at radius 3 is 2.65 bits per heavy atom. The number of carbonyl (C=O) groups excluding carboxylic acids is 4. The van der Waals surface area contributed by atoms with E-state index in [2.05, 4.69) is 5.32 Å². The molecule has 0 aromatic heterocycles. The van der Waals surface area contributed by atoms with Crippen molar-refractivity contribution in [3.63, 3.8) is 0 Å². The van der Waals surface area contributed by atoms with E-state index in [4.69, 9.17) is 0 Å². The fourth-order valence-electron chi connectivity index (χ4n) is 6.41. The SMILES string of the molecule is Cc1cccc2c1NC(=O)[C@]21[NH2+][C@H](CCC(=O)[O-])[C@H]2C(=O)N(C3CCCCC3)C(=O)[C@H]21. The Labute approximate surface area is 180 Å². The number of aliphatic carboxylic acids is 1. The van der Waals surface area contributed by atoms with Gasteiger partial charge in [-0.3, -0.25) is 19.3 Å². The van der Waals surface area contributed by atoms with E-state index >= 15 is 0 Å². The molecule has 0 radical (unpaired) electrons. The highest BCUT2D eigenvalue weighted by Crippen LogP contribution is 2.51. The second kappa shape index (κ2) is 7.15. The molecule has 0 bridgehead atoms. The Bertz CT molecular complexity index is 985. The molecule has 5 rings (SSSR count). The van der Waals surface area contributed by atoms with Crippen LogP contribution in [0.1, 0.15) is 56.1 Å². The number of likely N-dealkylation sites (tertiary alicyclic amines) is 1. The highest BCUT2D eigenvalue weighted by atomic mass is 16.4. The number of nitrogens with one attached hydrogen (secondary N) is 1. The van der Waals surface area contributed by atoms with Crippen molar-refractivity contribution in [2.45, 2.75) is 69.5 Å². The summed E-state index contributed by atoms with van der Waals surface area (Å²) in [6.45, 7) is 1.90. The predicted octanol–water partition coefficient (Wildman–Crippen LogP) is -0.448. The number of hydrogen-bond acceptors (Lipinski definition) is 5. The number of anilines is 1. The van der Waals surface area contributed by atoms with E-state index in [1.807, 2.05) is 25.1 Å². The quantitative estimate of drug-likeness (QED) is 0.633. The highest BCUT2D eigenvalue weighted by Gasteiger charge is 2.74. The number of carboxylic acid groups (broad SMARTS) is 1.